The number of fused-ring (bicyclic) bond motifs is 2. The second kappa shape index (κ2) is 8.32. The first-order valence-corrected chi connectivity index (χ1v) is 11.4. The molecule has 0 N–H and O–H groups in total. The van der Waals surface area contributed by atoms with Crippen molar-refractivity contribution in [1.82, 2.24) is 44.5 Å². The minimum Gasteiger partial charge on any atom is -0.301 e. The molecule has 0 saturated carbocycles. The van der Waals surface area contributed by atoms with Crippen molar-refractivity contribution in [3.63, 3.8) is 0 Å². The molecule has 0 atom stereocenters. The average molecular weight is 440 g/mol. The van der Waals surface area contributed by atoms with Gasteiger partial charge in [0.15, 0.2) is 5.82 Å². The van der Waals surface area contributed by atoms with Gasteiger partial charge in [-0.1, -0.05) is 6.07 Å². The second-order valence-electron chi connectivity index (χ2n) is 8.70. The van der Waals surface area contributed by atoms with Crippen LogP contribution in [-0.2, 0) is 13.0 Å². The van der Waals surface area contributed by atoms with E-state index in [1.807, 2.05) is 30.1 Å². The molecule has 0 aliphatic carbocycles. The van der Waals surface area contributed by atoms with Crippen LogP contribution >= 0.6 is 0 Å². The summed E-state index contributed by atoms with van der Waals surface area (Å²) in [6.07, 6.45) is 10.9. The lowest BCUT2D eigenvalue weighted by atomic mass is 10.0. The van der Waals surface area contributed by atoms with Crippen molar-refractivity contribution in [1.29, 1.82) is 0 Å². The summed E-state index contributed by atoms with van der Waals surface area (Å²) in [4.78, 5) is 11.5. The van der Waals surface area contributed by atoms with Crippen LogP contribution in [0.1, 0.15) is 29.9 Å². The van der Waals surface area contributed by atoms with E-state index < -0.39 is 0 Å². The predicted octanol–water partition coefficient (Wildman–Crippen LogP) is 2.93. The Morgan fingerprint density at radius 2 is 1.82 bits per heavy atom. The molecule has 9 nitrogen and oxygen atoms in total. The minimum atomic E-state index is 0.516. The molecule has 9 heteroatoms. The van der Waals surface area contributed by atoms with Gasteiger partial charge in [0.05, 0.1) is 30.1 Å². The normalized spacial score (nSPS) is 14.6. The van der Waals surface area contributed by atoms with Gasteiger partial charge in [-0.3, -0.25) is 9.67 Å². The number of hydrogen-bond donors (Lipinski definition) is 0. The fraction of sp³-hybridized carbons (Fsp3) is 0.333. The van der Waals surface area contributed by atoms with Gasteiger partial charge in [-0.15, -0.1) is 10.2 Å². The summed E-state index contributed by atoms with van der Waals surface area (Å²) in [5.74, 6) is 1.28. The van der Waals surface area contributed by atoms with Crippen molar-refractivity contribution in [2.24, 2.45) is 0 Å². The molecule has 1 fully saturated rings. The van der Waals surface area contributed by atoms with Gasteiger partial charge in [-0.05, 0) is 56.6 Å². The van der Waals surface area contributed by atoms with E-state index in [1.165, 1.54) is 25.9 Å². The SMILES string of the molecule is Cc1cnc2nnc(Cc3ccc4ncc(-c5cnn(CCN6CCCC6)c5)cc4c3)n2n1. The van der Waals surface area contributed by atoms with Crippen LogP contribution in [-0.4, -0.2) is 64.1 Å². The summed E-state index contributed by atoms with van der Waals surface area (Å²) >= 11 is 0. The molecule has 5 heterocycles. The van der Waals surface area contributed by atoms with Gasteiger partial charge in [-0.2, -0.15) is 14.7 Å². The predicted molar refractivity (Wildman–Crippen MR) is 125 cm³/mol. The Labute approximate surface area is 191 Å². The Kier molecular flexibility index (Phi) is 5.03. The second-order valence-corrected chi connectivity index (χ2v) is 8.70. The fourth-order valence-electron chi connectivity index (χ4n) is 4.45. The summed E-state index contributed by atoms with van der Waals surface area (Å²) in [7, 11) is 0. The third kappa shape index (κ3) is 4.07. The van der Waals surface area contributed by atoms with Crippen LogP contribution in [0.2, 0.25) is 0 Å². The Hall–Kier alpha value is -3.72. The van der Waals surface area contributed by atoms with Gasteiger partial charge in [0, 0.05) is 41.9 Å². The molecule has 1 aromatic carbocycles. The van der Waals surface area contributed by atoms with Crippen molar-refractivity contribution < 1.29 is 0 Å². The lowest BCUT2D eigenvalue weighted by Gasteiger charge is -2.13. The van der Waals surface area contributed by atoms with Crippen molar-refractivity contribution in [3.8, 4) is 11.1 Å². The number of aromatic nitrogens is 8. The first-order valence-electron chi connectivity index (χ1n) is 11.4. The molecule has 6 rings (SSSR count). The maximum Gasteiger partial charge on any atom is 0.271 e. The molecule has 4 aromatic heterocycles. The quantitative estimate of drug-likeness (QED) is 0.402. The smallest absolute Gasteiger partial charge is 0.271 e. The van der Waals surface area contributed by atoms with Gasteiger partial charge >= 0.3 is 0 Å². The maximum atomic E-state index is 4.67. The minimum absolute atomic E-state index is 0.516. The molecule has 1 saturated heterocycles. The molecular weight excluding hydrogens is 414 g/mol. The zero-order chi connectivity index (χ0) is 22.2. The van der Waals surface area contributed by atoms with E-state index in [0.717, 1.165) is 52.2 Å². The van der Waals surface area contributed by atoms with Crippen LogP contribution in [0.4, 0.5) is 0 Å². The van der Waals surface area contributed by atoms with Crippen molar-refractivity contribution in [3.05, 3.63) is 66.1 Å². The first-order chi connectivity index (χ1) is 16.2. The Morgan fingerprint density at radius 3 is 2.73 bits per heavy atom. The average Bonchev–Trinajstić information content (AvgIpc) is 3.59. The van der Waals surface area contributed by atoms with Gasteiger partial charge in [0.2, 0.25) is 0 Å². The highest BCUT2D eigenvalue weighted by molar-refractivity contribution is 5.84. The van der Waals surface area contributed by atoms with E-state index in [-0.39, 0.29) is 0 Å². The van der Waals surface area contributed by atoms with Gasteiger partial charge in [0.1, 0.15) is 0 Å². The highest BCUT2D eigenvalue weighted by Gasteiger charge is 2.12. The van der Waals surface area contributed by atoms with E-state index in [0.29, 0.717) is 12.2 Å². The van der Waals surface area contributed by atoms with Crippen LogP contribution in [0.15, 0.2) is 49.1 Å². The summed E-state index contributed by atoms with van der Waals surface area (Å²) < 4.78 is 3.75. The molecule has 0 unspecified atom stereocenters. The zero-order valence-electron chi connectivity index (χ0n) is 18.6. The number of pyridine rings is 1. The van der Waals surface area contributed by atoms with Gasteiger partial charge in [0.25, 0.3) is 5.78 Å². The maximum absolute atomic E-state index is 4.67. The molecule has 0 radical (unpaired) electrons. The van der Waals surface area contributed by atoms with Crippen LogP contribution in [0, 0.1) is 6.92 Å². The molecule has 33 heavy (non-hydrogen) atoms. The Bertz CT molecular complexity index is 1430. The van der Waals surface area contributed by atoms with Crippen molar-refractivity contribution in [2.75, 3.05) is 19.6 Å². The summed E-state index contributed by atoms with van der Waals surface area (Å²) in [5, 5.41) is 18.6. The van der Waals surface area contributed by atoms with Gasteiger partial charge in [-0.25, -0.2) is 4.98 Å². The van der Waals surface area contributed by atoms with Crippen LogP contribution in [0.3, 0.4) is 0 Å². The molecule has 0 bridgehead atoms. The molecule has 0 spiro atoms. The summed E-state index contributed by atoms with van der Waals surface area (Å²) in [6, 6.07) is 8.47. The largest absolute Gasteiger partial charge is 0.301 e. The first kappa shape index (κ1) is 19.9. The van der Waals surface area contributed by atoms with Crippen LogP contribution in [0.5, 0.6) is 0 Å². The lowest BCUT2D eigenvalue weighted by Crippen LogP contribution is -2.24. The van der Waals surface area contributed by atoms with E-state index in [1.54, 1.807) is 10.7 Å². The summed E-state index contributed by atoms with van der Waals surface area (Å²) in [6.45, 7) is 6.30. The topological polar surface area (TPSA) is 89.9 Å². The monoisotopic (exact) mass is 439 g/mol. The van der Waals surface area contributed by atoms with Crippen molar-refractivity contribution >= 4 is 16.7 Å². The third-order valence-corrected chi connectivity index (χ3v) is 6.23. The van der Waals surface area contributed by atoms with E-state index in [9.17, 15) is 0 Å². The zero-order valence-corrected chi connectivity index (χ0v) is 18.6. The summed E-state index contributed by atoms with van der Waals surface area (Å²) in [5.41, 5.74) is 5.08. The fourth-order valence-corrected chi connectivity index (χ4v) is 4.45. The van der Waals surface area contributed by atoms with Crippen LogP contribution in [0.25, 0.3) is 27.8 Å². The van der Waals surface area contributed by atoms with E-state index in [2.05, 4.69) is 59.7 Å². The van der Waals surface area contributed by atoms with Crippen LogP contribution < -0.4 is 0 Å². The van der Waals surface area contributed by atoms with Gasteiger partial charge < -0.3 is 4.90 Å². The molecular formula is C24H25N9. The lowest BCUT2D eigenvalue weighted by molar-refractivity contribution is 0.316. The molecule has 1 aliphatic heterocycles. The molecule has 1 aliphatic rings. The highest BCUT2D eigenvalue weighted by atomic mass is 15.4. The van der Waals surface area contributed by atoms with E-state index >= 15 is 0 Å². The number of benzene rings is 1. The number of aryl methyl sites for hydroxylation is 1. The Morgan fingerprint density at radius 1 is 0.909 bits per heavy atom. The Balaban J connectivity index is 1.24. The highest BCUT2D eigenvalue weighted by Crippen LogP contribution is 2.24. The van der Waals surface area contributed by atoms with E-state index in [4.69, 9.17) is 0 Å². The number of hydrogen-bond acceptors (Lipinski definition) is 7. The number of rotatable bonds is 6. The molecule has 166 valence electrons. The third-order valence-electron chi connectivity index (χ3n) is 6.23. The standard InChI is InChI=1S/C24H25N9/c1-17-13-26-24-29-28-23(33(24)30-17)11-18-4-5-22-19(10-18)12-20(14-25-22)21-15-27-32(16-21)9-8-31-6-2-3-7-31/h4-5,10,12-16H,2-3,6-9,11H2,1H3. The number of nitrogens with zero attached hydrogens (tertiary/aromatic N) is 9. The number of likely N-dealkylation sites (tertiary alicyclic amines) is 1. The molecule has 0 amide bonds. The van der Waals surface area contributed by atoms with Crippen molar-refractivity contribution in [2.45, 2.75) is 32.7 Å². The molecule has 5 aromatic rings.